The molecule has 0 spiro atoms. The molecule has 0 amide bonds. The SMILES string of the molecule is CCC([O])OC(C)c1ccccc1. The summed E-state index contributed by atoms with van der Waals surface area (Å²) in [5.41, 5.74) is 1.05. The Kier molecular flexibility index (Phi) is 3.93. The number of hydrogen-bond acceptors (Lipinski definition) is 1. The quantitative estimate of drug-likeness (QED) is 0.653. The van der Waals surface area contributed by atoms with Gasteiger partial charge < -0.3 is 4.74 Å². The zero-order chi connectivity index (χ0) is 9.68. The predicted octanol–water partition coefficient (Wildman–Crippen LogP) is 2.93. The van der Waals surface area contributed by atoms with Crippen LogP contribution in [-0.4, -0.2) is 6.29 Å². The van der Waals surface area contributed by atoms with Crippen molar-refractivity contribution in [1.29, 1.82) is 0 Å². The van der Waals surface area contributed by atoms with Gasteiger partial charge in [0, 0.05) is 0 Å². The highest BCUT2D eigenvalue weighted by atomic mass is 16.6. The van der Waals surface area contributed by atoms with E-state index in [-0.39, 0.29) is 6.10 Å². The van der Waals surface area contributed by atoms with Crippen LogP contribution in [0.5, 0.6) is 0 Å². The molecule has 0 fully saturated rings. The smallest absolute Gasteiger partial charge is 0.191 e. The molecule has 2 heteroatoms. The second kappa shape index (κ2) is 5.00. The maximum Gasteiger partial charge on any atom is 0.191 e. The molecule has 2 atom stereocenters. The molecule has 13 heavy (non-hydrogen) atoms. The third-order valence-corrected chi connectivity index (χ3v) is 1.96. The fourth-order valence-corrected chi connectivity index (χ4v) is 1.13. The topological polar surface area (TPSA) is 29.1 Å². The normalized spacial score (nSPS) is 15.3. The summed E-state index contributed by atoms with van der Waals surface area (Å²) in [4.78, 5) is 0. The minimum Gasteiger partial charge on any atom is -0.342 e. The van der Waals surface area contributed by atoms with E-state index in [0.717, 1.165) is 5.56 Å². The van der Waals surface area contributed by atoms with Gasteiger partial charge in [-0.3, -0.25) is 0 Å². The van der Waals surface area contributed by atoms with Crippen molar-refractivity contribution in [2.24, 2.45) is 0 Å². The molecule has 0 heterocycles. The summed E-state index contributed by atoms with van der Waals surface area (Å²) in [6, 6.07) is 9.77. The highest BCUT2D eigenvalue weighted by Gasteiger charge is 2.10. The largest absolute Gasteiger partial charge is 0.342 e. The molecule has 0 saturated heterocycles. The van der Waals surface area contributed by atoms with Gasteiger partial charge >= 0.3 is 0 Å². The van der Waals surface area contributed by atoms with Crippen LogP contribution in [0.2, 0.25) is 0 Å². The molecule has 1 aromatic carbocycles. The lowest BCUT2D eigenvalue weighted by Crippen LogP contribution is -2.11. The first-order chi connectivity index (χ1) is 6.24. The molecule has 0 bridgehead atoms. The Bertz CT molecular complexity index is 233. The Hall–Kier alpha value is -0.860. The molecule has 0 aromatic heterocycles. The molecule has 1 aromatic rings. The molecule has 0 aliphatic rings. The minimum absolute atomic E-state index is 0.108. The number of hydrogen-bond donors (Lipinski definition) is 0. The third-order valence-electron chi connectivity index (χ3n) is 1.96. The summed E-state index contributed by atoms with van der Waals surface area (Å²) in [5.74, 6) is 0. The van der Waals surface area contributed by atoms with Crippen molar-refractivity contribution in [3.8, 4) is 0 Å². The lowest BCUT2D eigenvalue weighted by Gasteiger charge is -2.15. The van der Waals surface area contributed by atoms with Crippen LogP contribution in [0.15, 0.2) is 30.3 Å². The Balaban J connectivity index is 2.53. The fraction of sp³-hybridized carbons (Fsp3) is 0.455. The van der Waals surface area contributed by atoms with E-state index >= 15 is 0 Å². The standard InChI is InChI=1S/C11H15O2/c1-3-11(12)13-9(2)10-7-5-4-6-8-10/h4-9,11H,3H2,1-2H3. The Morgan fingerprint density at radius 1 is 1.31 bits per heavy atom. The van der Waals surface area contributed by atoms with Crippen LogP contribution in [0.3, 0.4) is 0 Å². The van der Waals surface area contributed by atoms with Crippen molar-refractivity contribution in [2.75, 3.05) is 0 Å². The Morgan fingerprint density at radius 2 is 1.92 bits per heavy atom. The molecule has 1 rings (SSSR count). The first kappa shape index (κ1) is 10.2. The number of rotatable bonds is 4. The molecule has 0 saturated carbocycles. The zero-order valence-electron chi connectivity index (χ0n) is 8.07. The van der Waals surface area contributed by atoms with Gasteiger partial charge in [0.05, 0.1) is 6.10 Å². The average molecular weight is 179 g/mol. The summed E-state index contributed by atoms with van der Waals surface area (Å²) in [7, 11) is 0. The summed E-state index contributed by atoms with van der Waals surface area (Å²) < 4.78 is 5.23. The van der Waals surface area contributed by atoms with Gasteiger partial charge in [-0.25, -0.2) is 5.11 Å². The van der Waals surface area contributed by atoms with Crippen molar-refractivity contribution >= 4 is 0 Å². The van der Waals surface area contributed by atoms with Gasteiger partial charge in [-0.2, -0.15) is 0 Å². The van der Waals surface area contributed by atoms with Crippen molar-refractivity contribution in [3.05, 3.63) is 35.9 Å². The van der Waals surface area contributed by atoms with Gasteiger partial charge in [-0.05, 0) is 18.9 Å². The summed E-state index contributed by atoms with van der Waals surface area (Å²) in [6.45, 7) is 3.73. The van der Waals surface area contributed by atoms with Crippen molar-refractivity contribution < 1.29 is 9.84 Å². The van der Waals surface area contributed by atoms with Crippen LogP contribution in [0.1, 0.15) is 31.9 Å². The zero-order valence-corrected chi connectivity index (χ0v) is 8.07. The molecule has 2 unspecified atom stereocenters. The molecule has 0 N–H and O–H groups in total. The van der Waals surface area contributed by atoms with E-state index in [1.54, 1.807) is 0 Å². The van der Waals surface area contributed by atoms with Gasteiger partial charge in [0.2, 0.25) is 0 Å². The van der Waals surface area contributed by atoms with Crippen molar-refractivity contribution in [3.63, 3.8) is 0 Å². The van der Waals surface area contributed by atoms with Gasteiger partial charge in [0.25, 0.3) is 0 Å². The first-order valence-electron chi connectivity index (χ1n) is 4.60. The fourth-order valence-electron chi connectivity index (χ4n) is 1.13. The summed E-state index contributed by atoms with van der Waals surface area (Å²) in [6.07, 6.45) is -0.504. The maximum absolute atomic E-state index is 11.1. The molecule has 71 valence electrons. The van der Waals surface area contributed by atoms with Crippen LogP contribution in [0.4, 0.5) is 0 Å². The van der Waals surface area contributed by atoms with Crippen LogP contribution in [0, 0.1) is 0 Å². The minimum atomic E-state index is -0.907. The molecule has 2 nitrogen and oxygen atoms in total. The molecule has 0 aliphatic heterocycles. The highest BCUT2D eigenvalue weighted by Crippen LogP contribution is 2.18. The van der Waals surface area contributed by atoms with Crippen molar-refractivity contribution in [2.45, 2.75) is 32.7 Å². The number of benzene rings is 1. The van der Waals surface area contributed by atoms with Crippen LogP contribution in [-0.2, 0) is 9.84 Å². The lowest BCUT2D eigenvalue weighted by atomic mass is 10.1. The van der Waals surface area contributed by atoms with E-state index in [9.17, 15) is 5.11 Å². The molecular weight excluding hydrogens is 164 g/mol. The Morgan fingerprint density at radius 3 is 2.46 bits per heavy atom. The van der Waals surface area contributed by atoms with E-state index in [1.165, 1.54) is 0 Å². The van der Waals surface area contributed by atoms with E-state index in [2.05, 4.69) is 0 Å². The van der Waals surface area contributed by atoms with E-state index < -0.39 is 6.29 Å². The van der Waals surface area contributed by atoms with Gasteiger partial charge in [0.1, 0.15) is 0 Å². The van der Waals surface area contributed by atoms with Crippen LogP contribution < -0.4 is 0 Å². The van der Waals surface area contributed by atoms with E-state index in [1.807, 2.05) is 44.2 Å². The second-order valence-corrected chi connectivity index (χ2v) is 3.03. The second-order valence-electron chi connectivity index (χ2n) is 3.03. The molecule has 1 radical (unpaired) electrons. The van der Waals surface area contributed by atoms with Crippen molar-refractivity contribution in [1.82, 2.24) is 0 Å². The van der Waals surface area contributed by atoms with Crippen LogP contribution in [0.25, 0.3) is 0 Å². The number of ether oxygens (including phenoxy) is 1. The first-order valence-corrected chi connectivity index (χ1v) is 4.60. The van der Waals surface area contributed by atoms with Crippen LogP contribution >= 0.6 is 0 Å². The summed E-state index contributed by atoms with van der Waals surface area (Å²) >= 11 is 0. The predicted molar refractivity (Wildman–Crippen MR) is 50.7 cm³/mol. The average Bonchev–Trinajstić information content (AvgIpc) is 2.19. The third kappa shape index (κ3) is 3.17. The lowest BCUT2D eigenvalue weighted by molar-refractivity contribution is -0.168. The van der Waals surface area contributed by atoms with E-state index in [4.69, 9.17) is 4.74 Å². The monoisotopic (exact) mass is 179 g/mol. The summed E-state index contributed by atoms with van der Waals surface area (Å²) in [5, 5.41) is 11.1. The van der Waals surface area contributed by atoms with Gasteiger partial charge in [-0.15, -0.1) is 0 Å². The maximum atomic E-state index is 11.1. The highest BCUT2D eigenvalue weighted by molar-refractivity contribution is 5.16. The van der Waals surface area contributed by atoms with Gasteiger partial charge in [0.15, 0.2) is 6.29 Å². The molecule has 0 aliphatic carbocycles. The van der Waals surface area contributed by atoms with Gasteiger partial charge in [-0.1, -0.05) is 37.3 Å². The van der Waals surface area contributed by atoms with E-state index in [0.29, 0.717) is 6.42 Å². The molecular formula is C11H15O2. The Labute approximate surface area is 79.2 Å².